The molecule has 0 unspecified atom stereocenters. The van der Waals surface area contributed by atoms with E-state index in [2.05, 4.69) is 19.2 Å². The lowest BCUT2D eigenvalue weighted by molar-refractivity contribution is -0.108. The van der Waals surface area contributed by atoms with Crippen molar-refractivity contribution in [3.8, 4) is 11.5 Å². The van der Waals surface area contributed by atoms with Gasteiger partial charge in [-0.3, -0.25) is 9.59 Å². The number of benzene rings is 2. The molecule has 2 aliphatic rings. The van der Waals surface area contributed by atoms with E-state index in [1.165, 1.54) is 0 Å². The van der Waals surface area contributed by atoms with Crippen molar-refractivity contribution in [1.29, 1.82) is 0 Å². The molecule has 2 amide bonds. The fourth-order valence-electron chi connectivity index (χ4n) is 4.34. The van der Waals surface area contributed by atoms with Gasteiger partial charge in [0.25, 0.3) is 5.91 Å². The molecule has 1 saturated carbocycles. The van der Waals surface area contributed by atoms with Gasteiger partial charge in [-0.05, 0) is 55.0 Å². The van der Waals surface area contributed by atoms with Crippen molar-refractivity contribution >= 4 is 11.8 Å². The van der Waals surface area contributed by atoms with Crippen LogP contribution in [0.1, 0.15) is 41.0 Å². The van der Waals surface area contributed by atoms with Gasteiger partial charge < -0.3 is 20.5 Å². The van der Waals surface area contributed by atoms with E-state index in [0.29, 0.717) is 28.5 Å². The molecule has 1 aliphatic carbocycles. The highest BCUT2D eigenvalue weighted by atomic mass is 16.5. The van der Waals surface area contributed by atoms with E-state index in [4.69, 9.17) is 15.2 Å². The molecule has 3 atom stereocenters. The Balaban J connectivity index is 1.39. The number of hydrogen-bond donors (Lipinski definition) is 2. The summed E-state index contributed by atoms with van der Waals surface area (Å²) < 4.78 is 11.5. The minimum atomic E-state index is -0.480. The van der Waals surface area contributed by atoms with Crippen molar-refractivity contribution in [2.24, 2.45) is 17.1 Å². The second-order valence-electron chi connectivity index (χ2n) is 8.03. The second-order valence-corrected chi connectivity index (χ2v) is 8.03. The summed E-state index contributed by atoms with van der Waals surface area (Å²) in [6, 6.07) is 13.7. The molecule has 0 spiro atoms. The van der Waals surface area contributed by atoms with Crippen LogP contribution in [-0.2, 0) is 4.74 Å². The summed E-state index contributed by atoms with van der Waals surface area (Å²) in [5, 5.41) is 3.18. The third-order valence-corrected chi connectivity index (χ3v) is 5.88. The lowest BCUT2D eigenvalue weighted by Crippen LogP contribution is -2.66. The molecule has 2 aromatic rings. The number of nitrogens with two attached hydrogens (primary N) is 1. The minimum Gasteiger partial charge on any atom is -0.457 e. The molecule has 6 nitrogen and oxygen atoms in total. The summed E-state index contributed by atoms with van der Waals surface area (Å²) in [5.74, 6) is 1.04. The van der Waals surface area contributed by atoms with Crippen molar-refractivity contribution in [3.63, 3.8) is 0 Å². The van der Waals surface area contributed by atoms with Crippen LogP contribution in [0, 0.1) is 11.3 Å². The van der Waals surface area contributed by atoms with Gasteiger partial charge in [0, 0.05) is 35.1 Å². The van der Waals surface area contributed by atoms with Crippen LogP contribution < -0.4 is 15.8 Å². The SMILES string of the molecule is CC1(C)[C@H](NC(=O)c2ccc(Oc3ccc(C(N)=O)cc3)cc2)[C@H]2CCO[C@H]21. The number of nitrogens with one attached hydrogen (secondary N) is 1. The highest BCUT2D eigenvalue weighted by Gasteiger charge is 2.59. The van der Waals surface area contributed by atoms with E-state index in [9.17, 15) is 9.59 Å². The quantitative estimate of drug-likeness (QED) is 0.834. The van der Waals surface area contributed by atoms with Crippen LogP contribution in [0.4, 0.5) is 0 Å². The number of rotatable bonds is 5. The zero-order valence-electron chi connectivity index (χ0n) is 16.0. The first-order valence-electron chi connectivity index (χ1n) is 9.46. The van der Waals surface area contributed by atoms with Crippen LogP contribution in [0.5, 0.6) is 11.5 Å². The van der Waals surface area contributed by atoms with E-state index in [1.807, 2.05) is 0 Å². The molecule has 1 aliphatic heterocycles. The third-order valence-electron chi connectivity index (χ3n) is 5.88. The molecule has 0 radical (unpaired) electrons. The first kappa shape index (κ1) is 18.5. The zero-order chi connectivity index (χ0) is 19.9. The molecule has 4 rings (SSSR count). The Bertz CT molecular complexity index is 890. The minimum absolute atomic E-state index is 0.0447. The van der Waals surface area contributed by atoms with E-state index in [-0.39, 0.29) is 23.5 Å². The smallest absolute Gasteiger partial charge is 0.251 e. The molecule has 146 valence electrons. The number of fused-ring (bicyclic) bond motifs is 1. The third kappa shape index (κ3) is 3.24. The molecule has 6 heteroatoms. The van der Waals surface area contributed by atoms with Gasteiger partial charge in [-0.2, -0.15) is 0 Å². The maximum absolute atomic E-state index is 12.7. The van der Waals surface area contributed by atoms with Crippen molar-refractivity contribution in [2.75, 3.05) is 6.61 Å². The van der Waals surface area contributed by atoms with Gasteiger partial charge in [0.1, 0.15) is 11.5 Å². The van der Waals surface area contributed by atoms with Gasteiger partial charge in [0.05, 0.1) is 6.10 Å². The van der Waals surface area contributed by atoms with E-state index < -0.39 is 5.91 Å². The number of ether oxygens (including phenoxy) is 2. The van der Waals surface area contributed by atoms with Gasteiger partial charge in [-0.1, -0.05) is 13.8 Å². The van der Waals surface area contributed by atoms with Crippen LogP contribution in [0.3, 0.4) is 0 Å². The van der Waals surface area contributed by atoms with E-state index >= 15 is 0 Å². The van der Waals surface area contributed by atoms with Gasteiger partial charge >= 0.3 is 0 Å². The molecule has 1 heterocycles. The Kier molecular flexibility index (Phi) is 4.59. The Morgan fingerprint density at radius 1 is 1.04 bits per heavy atom. The summed E-state index contributed by atoms with van der Waals surface area (Å²) >= 11 is 0. The maximum atomic E-state index is 12.7. The molecular formula is C22H24N2O4. The van der Waals surface area contributed by atoms with Crippen molar-refractivity contribution in [2.45, 2.75) is 32.4 Å². The predicted octanol–water partition coefficient (Wildman–Crippen LogP) is 3.12. The largest absolute Gasteiger partial charge is 0.457 e. The molecule has 0 aromatic heterocycles. The summed E-state index contributed by atoms with van der Waals surface area (Å²) in [6.07, 6.45) is 1.25. The Hall–Kier alpha value is -2.86. The lowest BCUT2D eigenvalue weighted by Gasteiger charge is -2.54. The summed E-state index contributed by atoms with van der Waals surface area (Å²) in [6.45, 7) is 5.06. The zero-order valence-corrected chi connectivity index (χ0v) is 16.0. The summed E-state index contributed by atoms with van der Waals surface area (Å²) in [4.78, 5) is 23.8. The maximum Gasteiger partial charge on any atom is 0.251 e. The number of primary amides is 1. The number of amides is 2. The first-order valence-corrected chi connectivity index (χ1v) is 9.46. The average Bonchev–Trinajstić information content (AvgIpc) is 3.14. The molecule has 3 N–H and O–H groups in total. The Labute approximate surface area is 164 Å². The van der Waals surface area contributed by atoms with Crippen LogP contribution in [0.2, 0.25) is 0 Å². The predicted molar refractivity (Wildman–Crippen MR) is 104 cm³/mol. The number of hydrogen-bond acceptors (Lipinski definition) is 4. The summed E-state index contributed by atoms with van der Waals surface area (Å²) in [7, 11) is 0. The molecular weight excluding hydrogens is 356 g/mol. The van der Waals surface area contributed by atoms with Crippen molar-refractivity contribution < 1.29 is 19.1 Å². The standard InChI is InChI=1S/C22H24N2O4/c1-22(2)18(17-11-12-27-19(17)22)24-21(26)14-5-9-16(10-6-14)28-15-7-3-13(4-8-15)20(23)25/h3-10,17-19H,11-12H2,1-2H3,(H2,23,25)(H,24,26)/t17-,18-,19-/m1/s1. The van der Waals surface area contributed by atoms with E-state index in [1.54, 1.807) is 48.5 Å². The summed E-state index contributed by atoms with van der Waals surface area (Å²) in [5.41, 5.74) is 6.20. The van der Waals surface area contributed by atoms with Crippen LogP contribution in [0.25, 0.3) is 0 Å². The highest BCUT2D eigenvalue weighted by Crippen LogP contribution is 2.52. The fraction of sp³-hybridized carbons (Fsp3) is 0.364. The Morgan fingerprint density at radius 2 is 1.61 bits per heavy atom. The van der Waals surface area contributed by atoms with E-state index in [0.717, 1.165) is 13.0 Å². The molecule has 2 fully saturated rings. The van der Waals surface area contributed by atoms with Crippen LogP contribution >= 0.6 is 0 Å². The first-order chi connectivity index (χ1) is 13.4. The topological polar surface area (TPSA) is 90.6 Å². The Morgan fingerprint density at radius 3 is 2.18 bits per heavy atom. The van der Waals surface area contributed by atoms with Crippen LogP contribution in [0.15, 0.2) is 48.5 Å². The monoisotopic (exact) mass is 380 g/mol. The molecule has 2 aromatic carbocycles. The molecule has 28 heavy (non-hydrogen) atoms. The number of carbonyl (C=O) groups excluding carboxylic acids is 2. The lowest BCUT2D eigenvalue weighted by atomic mass is 9.57. The van der Waals surface area contributed by atoms with Gasteiger partial charge in [0.15, 0.2) is 0 Å². The van der Waals surface area contributed by atoms with Crippen molar-refractivity contribution in [3.05, 3.63) is 59.7 Å². The second kappa shape index (κ2) is 6.95. The van der Waals surface area contributed by atoms with Crippen LogP contribution in [-0.4, -0.2) is 30.6 Å². The molecule has 1 saturated heterocycles. The normalized spacial score (nSPS) is 24.7. The van der Waals surface area contributed by atoms with Gasteiger partial charge in [-0.15, -0.1) is 0 Å². The average molecular weight is 380 g/mol. The molecule has 0 bridgehead atoms. The number of carbonyl (C=O) groups is 2. The highest BCUT2D eigenvalue weighted by molar-refractivity contribution is 5.94. The fourth-order valence-corrected chi connectivity index (χ4v) is 4.34. The van der Waals surface area contributed by atoms with Gasteiger partial charge in [0.2, 0.25) is 5.91 Å². The van der Waals surface area contributed by atoms with Gasteiger partial charge in [-0.25, -0.2) is 0 Å². The van der Waals surface area contributed by atoms with Crippen molar-refractivity contribution in [1.82, 2.24) is 5.32 Å².